The lowest BCUT2D eigenvalue weighted by Crippen LogP contribution is -2.52. The molecule has 0 fully saturated rings. The molecule has 0 spiro atoms. The van der Waals surface area contributed by atoms with Crippen LogP contribution in [0.5, 0.6) is 0 Å². The van der Waals surface area contributed by atoms with Gasteiger partial charge in [-0.1, -0.05) is 0 Å². The van der Waals surface area contributed by atoms with E-state index in [2.05, 4.69) is 5.32 Å². The number of nitrogens with zero attached hydrogens (tertiary/aromatic N) is 1. The molecule has 0 amide bonds. The minimum absolute atomic E-state index is 0.331. The van der Waals surface area contributed by atoms with Crippen LogP contribution >= 0.6 is 0 Å². The first-order valence-electron chi connectivity index (χ1n) is 4.34. The van der Waals surface area contributed by atoms with Crippen molar-refractivity contribution >= 4 is 5.97 Å². The summed E-state index contributed by atoms with van der Waals surface area (Å²) in [4.78, 5) is 12.6. The second-order valence-corrected chi connectivity index (χ2v) is 3.19. The number of rotatable bonds is 3. The number of carbonyl (C=O) groups is 1. The van der Waals surface area contributed by atoms with E-state index >= 15 is 0 Å². The van der Waals surface area contributed by atoms with Gasteiger partial charge in [0.1, 0.15) is 6.04 Å². The number of allylic oxidation sites excluding steroid dienone is 2. The van der Waals surface area contributed by atoms with Gasteiger partial charge in [-0.25, -0.2) is 0 Å². The fourth-order valence-corrected chi connectivity index (χ4v) is 1.51. The van der Waals surface area contributed by atoms with E-state index < -0.39 is 12.0 Å². The minimum atomic E-state index is -1.00. The first-order chi connectivity index (χ1) is 6.57. The molecule has 1 rings (SSSR count). The number of likely N-dealkylation sites (N-methyl/N-ethyl adjacent to an activating group) is 2. The van der Waals surface area contributed by atoms with Gasteiger partial charge >= 0.3 is 5.97 Å². The first kappa shape index (κ1) is 10.6. The number of hydrogen-bond acceptors (Lipinski definition) is 4. The molecule has 1 heterocycles. The zero-order chi connectivity index (χ0) is 10.7. The summed E-state index contributed by atoms with van der Waals surface area (Å²) in [6.45, 7) is 0. The maximum absolute atomic E-state index is 10.8. The molecule has 78 valence electrons. The zero-order valence-electron chi connectivity index (χ0n) is 8.27. The van der Waals surface area contributed by atoms with E-state index in [1.807, 2.05) is 12.2 Å². The molecule has 0 aliphatic carbocycles. The normalized spacial score (nSPS) is 22.9. The van der Waals surface area contributed by atoms with E-state index in [0.717, 1.165) is 5.70 Å². The van der Waals surface area contributed by atoms with E-state index in [1.165, 1.54) is 0 Å². The predicted octanol–water partition coefficient (Wildman–Crippen LogP) is -0.671. The van der Waals surface area contributed by atoms with Gasteiger partial charge in [-0.3, -0.25) is 4.79 Å². The molecule has 0 saturated heterocycles. The van der Waals surface area contributed by atoms with Gasteiger partial charge in [0, 0.05) is 19.8 Å². The fraction of sp³-hybridized carbons (Fsp3) is 0.444. The Kier molecular flexibility index (Phi) is 3.14. The van der Waals surface area contributed by atoms with Gasteiger partial charge < -0.3 is 21.1 Å². The third kappa shape index (κ3) is 1.88. The predicted molar refractivity (Wildman–Crippen MR) is 53.4 cm³/mol. The summed E-state index contributed by atoms with van der Waals surface area (Å²) >= 11 is 0. The van der Waals surface area contributed by atoms with Crippen molar-refractivity contribution in [3.8, 4) is 0 Å². The highest BCUT2D eigenvalue weighted by Gasteiger charge is 2.30. The molecule has 4 N–H and O–H groups in total. The van der Waals surface area contributed by atoms with Gasteiger partial charge in [0.25, 0.3) is 0 Å². The maximum Gasteiger partial charge on any atom is 0.323 e. The van der Waals surface area contributed by atoms with Crippen LogP contribution in [0.15, 0.2) is 24.0 Å². The van der Waals surface area contributed by atoms with Crippen LogP contribution in [0.4, 0.5) is 0 Å². The van der Waals surface area contributed by atoms with E-state index in [1.54, 1.807) is 25.2 Å². The van der Waals surface area contributed by atoms with Crippen molar-refractivity contribution in [1.29, 1.82) is 0 Å². The molecule has 0 bridgehead atoms. The van der Waals surface area contributed by atoms with Gasteiger partial charge in [0.2, 0.25) is 0 Å². The average molecular weight is 197 g/mol. The summed E-state index contributed by atoms with van der Waals surface area (Å²) in [6, 6.07) is -1.26. The quantitative estimate of drug-likeness (QED) is 0.559. The Morgan fingerprint density at radius 2 is 2.43 bits per heavy atom. The monoisotopic (exact) mass is 197 g/mol. The Balaban J connectivity index is 2.89. The lowest BCUT2D eigenvalue weighted by Gasteiger charge is -2.33. The van der Waals surface area contributed by atoms with Gasteiger partial charge in [-0.15, -0.1) is 0 Å². The van der Waals surface area contributed by atoms with E-state index in [4.69, 9.17) is 10.8 Å². The molecule has 2 atom stereocenters. The first-order valence-corrected chi connectivity index (χ1v) is 4.34. The largest absolute Gasteiger partial charge is 0.480 e. The molecule has 14 heavy (non-hydrogen) atoms. The SMILES string of the molecule is CNC1=CC=CN(C)C1C(N)C(=O)O. The lowest BCUT2D eigenvalue weighted by molar-refractivity contribution is -0.139. The summed E-state index contributed by atoms with van der Waals surface area (Å²) < 4.78 is 0. The Labute approximate surface area is 82.9 Å². The van der Waals surface area contributed by atoms with Gasteiger partial charge in [0.05, 0.1) is 6.04 Å². The van der Waals surface area contributed by atoms with Crippen LogP contribution in [-0.4, -0.2) is 42.2 Å². The highest BCUT2D eigenvalue weighted by molar-refractivity contribution is 5.75. The van der Waals surface area contributed by atoms with Crippen LogP contribution < -0.4 is 11.1 Å². The highest BCUT2D eigenvalue weighted by atomic mass is 16.4. The van der Waals surface area contributed by atoms with Crippen LogP contribution in [0.2, 0.25) is 0 Å². The number of hydrogen-bond donors (Lipinski definition) is 3. The number of nitrogens with two attached hydrogens (primary N) is 1. The average Bonchev–Trinajstić information content (AvgIpc) is 2.16. The lowest BCUT2D eigenvalue weighted by atomic mass is 10.0. The van der Waals surface area contributed by atoms with Crippen LogP contribution in [-0.2, 0) is 4.79 Å². The number of nitrogens with one attached hydrogen (secondary N) is 1. The van der Waals surface area contributed by atoms with Crippen molar-refractivity contribution in [1.82, 2.24) is 10.2 Å². The van der Waals surface area contributed by atoms with Crippen molar-refractivity contribution in [3.63, 3.8) is 0 Å². The van der Waals surface area contributed by atoms with Crippen molar-refractivity contribution < 1.29 is 9.90 Å². The Morgan fingerprint density at radius 3 is 2.93 bits per heavy atom. The summed E-state index contributed by atoms with van der Waals surface area (Å²) in [5.41, 5.74) is 6.40. The molecule has 0 aromatic heterocycles. The minimum Gasteiger partial charge on any atom is -0.480 e. The highest BCUT2D eigenvalue weighted by Crippen LogP contribution is 2.14. The van der Waals surface area contributed by atoms with Gasteiger partial charge in [-0.2, -0.15) is 0 Å². The molecule has 0 aromatic rings. The van der Waals surface area contributed by atoms with Crippen LogP contribution in [0.25, 0.3) is 0 Å². The molecule has 0 aromatic carbocycles. The molecule has 0 radical (unpaired) electrons. The summed E-state index contributed by atoms with van der Waals surface area (Å²) in [5.74, 6) is -1.00. The van der Waals surface area contributed by atoms with Crippen LogP contribution in [0.1, 0.15) is 0 Å². The van der Waals surface area contributed by atoms with E-state index in [0.29, 0.717) is 0 Å². The molecule has 5 nitrogen and oxygen atoms in total. The summed E-state index contributed by atoms with van der Waals surface area (Å²) in [5, 5.41) is 11.8. The standard InChI is InChI=1S/C9H15N3O2/c1-11-6-4-3-5-12(2)8(6)7(10)9(13)14/h3-5,7-8,11H,10H2,1-2H3,(H,13,14). The Hall–Kier alpha value is -1.49. The van der Waals surface area contributed by atoms with E-state index in [-0.39, 0.29) is 6.04 Å². The van der Waals surface area contributed by atoms with Crippen molar-refractivity contribution in [3.05, 3.63) is 24.0 Å². The number of carboxylic acids is 1. The van der Waals surface area contributed by atoms with Gasteiger partial charge in [0.15, 0.2) is 0 Å². The van der Waals surface area contributed by atoms with Crippen LogP contribution in [0.3, 0.4) is 0 Å². The Morgan fingerprint density at radius 1 is 1.79 bits per heavy atom. The molecule has 5 heteroatoms. The zero-order valence-corrected chi connectivity index (χ0v) is 8.27. The number of aliphatic carboxylic acids is 1. The molecule has 0 saturated carbocycles. The molecular weight excluding hydrogens is 182 g/mol. The molecule has 1 aliphatic heterocycles. The third-order valence-corrected chi connectivity index (χ3v) is 2.27. The fourth-order valence-electron chi connectivity index (χ4n) is 1.51. The van der Waals surface area contributed by atoms with E-state index in [9.17, 15) is 4.79 Å². The second kappa shape index (κ2) is 4.15. The van der Waals surface area contributed by atoms with Crippen molar-refractivity contribution in [2.24, 2.45) is 5.73 Å². The van der Waals surface area contributed by atoms with Gasteiger partial charge in [-0.05, 0) is 18.4 Å². The maximum atomic E-state index is 10.8. The summed E-state index contributed by atoms with van der Waals surface area (Å²) in [7, 11) is 3.55. The Bertz CT molecular complexity index is 286. The molecule has 1 aliphatic rings. The second-order valence-electron chi connectivity index (χ2n) is 3.19. The van der Waals surface area contributed by atoms with Crippen LogP contribution in [0, 0.1) is 0 Å². The number of carboxylic acid groups (broad SMARTS) is 1. The van der Waals surface area contributed by atoms with Crippen molar-refractivity contribution in [2.75, 3.05) is 14.1 Å². The topological polar surface area (TPSA) is 78.6 Å². The third-order valence-electron chi connectivity index (χ3n) is 2.27. The smallest absolute Gasteiger partial charge is 0.323 e. The summed E-state index contributed by atoms with van der Waals surface area (Å²) in [6.07, 6.45) is 5.47. The molecule has 2 unspecified atom stereocenters. The molecular formula is C9H15N3O2. The van der Waals surface area contributed by atoms with Crippen molar-refractivity contribution in [2.45, 2.75) is 12.1 Å².